The van der Waals surface area contributed by atoms with Gasteiger partial charge in [0.2, 0.25) is 0 Å². The Labute approximate surface area is 281 Å². The molecule has 6 aromatic rings. The van der Waals surface area contributed by atoms with E-state index >= 15 is 0 Å². The highest BCUT2D eigenvalue weighted by molar-refractivity contribution is 7.51. The van der Waals surface area contributed by atoms with Crippen LogP contribution in [0.15, 0.2) is 115 Å². The zero-order chi connectivity index (χ0) is 32.9. The number of aryl methyl sites for hydroxylation is 4. The van der Waals surface area contributed by atoms with Crippen LogP contribution in [-0.4, -0.2) is 5.97 Å². The quantitative estimate of drug-likeness (QED) is 0.163. The van der Waals surface area contributed by atoms with Crippen molar-refractivity contribution in [1.82, 2.24) is 0 Å². The maximum atomic E-state index is 13.3. The highest BCUT2D eigenvalue weighted by Crippen LogP contribution is 2.58. The summed E-state index contributed by atoms with van der Waals surface area (Å²) in [5.74, 6) is 2.26. The molecule has 0 amide bonds. The first-order valence-corrected chi connectivity index (χ1v) is 17.8. The lowest BCUT2D eigenvalue weighted by molar-refractivity contribution is 0.0735. The topological polar surface area (TPSA) is 66.5 Å². The van der Waals surface area contributed by atoms with Gasteiger partial charge >= 0.3 is 23.1 Å². The predicted molar refractivity (Wildman–Crippen MR) is 192 cm³/mol. The van der Waals surface area contributed by atoms with E-state index in [0.29, 0.717) is 17.1 Å². The predicted octanol–water partition coefficient (Wildman–Crippen LogP) is 11.4. The monoisotopic (exact) mass is 671 g/mol. The smallest absolute Gasteiger partial charge is 0.422 e. The third kappa shape index (κ3) is 5.39. The summed E-state index contributed by atoms with van der Waals surface area (Å²) < 4.78 is 34.2. The van der Waals surface area contributed by atoms with Gasteiger partial charge in [-0.15, -0.1) is 0 Å². The number of nitrogens with zero attached hydrogens (tertiary/aromatic N) is 1. The fourth-order valence-electron chi connectivity index (χ4n) is 6.29. The van der Waals surface area contributed by atoms with Crippen molar-refractivity contribution in [1.29, 1.82) is 0 Å². The molecule has 238 valence electrons. The molecule has 0 aromatic heterocycles. The summed E-state index contributed by atoms with van der Waals surface area (Å²) in [7, 11) is -3.76. The van der Waals surface area contributed by atoms with E-state index in [0.717, 1.165) is 67.0 Å². The Morgan fingerprint density at radius 3 is 1.81 bits per heavy atom. The van der Waals surface area contributed by atoms with Gasteiger partial charge in [0.05, 0.1) is 22.3 Å². The molecule has 0 fully saturated rings. The minimum Gasteiger partial charge on any atom is -0.422 e. The summed E-state index contributed by atoms with van der Waals surface area (Å²) in [6, 6.07) is 37.5. The maximum absolute atomic E-state index is 13.3. The van der Waals surface area contributed by atoms with E-state index in [-0.39, 0.29) is 0 Å². The summed E-state index contributed by atoms with van der Waals surface area (Å²) >= 11 is 0. The van der Waals surface area contributed by atoms with Crippen LogP contribution in [0.1, 0.15) is 32.6 Å². The molecule has 2 aliphatic heterocycles. The third-order valence-corrected chi connectivity index (χ3v) is 10.8. The lowest BCUT2D eigenvalue weighted by Crippen LogP contribution is -2.25. The maximum Gasteiger partial charge on any atom is 0.530 e. The molecule has 0 N–H and O–H groups in total. The second kappa shape index (κ2) is 12.2. The first-order chi connectivity index (χ1) is 23.3. The SMILES string of the molecule is Cc1cc(C)c(OP2Oc3cccc4cccc(c34)O2)c(-c2cc(C)cc(C)c2OP2OC(=O)c3ccccc3N2c2ccccc2)c1. The van der Waals surface area contributed by atoms with Gasteiger partial charge < -0.3 is 22.6 Å². The molecule has 2 aliphatic rings. The third-order valence-electron chi connectivity index (χ3n) is 8.31. The summed E-state index contributed by atoms with van der Waals surface area (Å²) in [6.45, 7) is 8.13. The molecule has 48 heavy (non-hydrogen) atoms. The first-order valence-electron chi connectivity index (χ1n) is 15.6. The molecular formula is C39H31NO6P2. The fourth-order valence-corrected chi connectivity index (χ4v) is 8.93. The highest BCUT2D eigenvalue weighted by Gasteiger charge is 2.39. The summed E-state index contributed by atoms with van der Waals surface area (Å²) in [5.41, 5.74) is 7.65. The van der Waals surface area contributed by atoms with Crippen molar-refractivity contribution in [3.8, 4) is 34.1 Å². The van der Waals surface area contributed by atoms with Crippen LogP contribution in [0.2, 0.25) is 0 Å². The molecule has 0 spiro atoms. The number of fused-ring (bicyclic) bond motifs is 1. The van der Waals surface area contributed by atoms with E-state index in [9.17, 15) is 4.79 Å². The lowest BCUT2D eigenvalue weighted by atomic mass is 9.95. The molecule has 8 rings (SSSR count). The lowest BCUT2D eigenvalue weighted by Gasteiger charge is -2.35. The molecule has 7 nitrogen and oxygen atoms in total. The van der Waals surface area contributed by atoms with E-state index in [4.69, 9.17) is 22.6 Å². The van der Waals surface area contributed by atoms with Crippen molar-refractivity contribution < 1.29 is 27.4 Å². The molecule has 0 radical (unpaired) electrons. The number of benzene rings is 6. The van der Waals surface area contributed by atoms with Gasteiger partial charge in [-0.3, -0.25) is 4.67 Å². The zero-order valence-electron chi connectivity index (χ0n) is 26.8. The number of hydrogen-bond acceptors (Lipinski definition) is 7. The molecule has 1 atom stereocenters. The van der Waals surface area contributed by atoms with Crippen molar-refractivity contribution in [2.24, 2.45) is 0 Å². The summed E-state index contributed by atoms with van der Waals surface area (Å²) in [6.07, 6.45) is 0. The van der Waals surface area contributed by atoms with Gasteiger partial charge in [-0.2, -0.15) is 0 Å². The Morgan fingerprint density at radius 2 is 1.17 bits per heavy atom. The number of carbonyl (C=O) groups excluding carboxylic acids is 1. The minimum absolute atomic E-state index is 0.421. The van der Waals surface area contributed by atoms with Crippen molar-refractivity contribution in [2.75, 3.05) is 4.67 Å². The van der Waals surface area contributed by atoms with Crippen molar-refractivity contribution in [3.63, 3.8) is 0 Å². The van der Waals surface area contributed by atoms with Crippen LogP contribution in [0, 0.1) is 27.7 Å². The molecule has 6 aromatic carbocycles. The van der Waals surface area contributed by atoms with Crippen LogP contribution in [0.25, 0.3) is 21.9 Å². The van der Waals surface area contributed by atoms with Crippen LogP contribution in [-0.2, 0) is 4.52 Å². The second-order valence-corrected chi connectivity index (χ2v) is 14.1. The van der Waals surface area contributed by atoms with Gasteiger partial charge in [0.25, 0.3) is 0 Å². The molecule has 0 bridgehead atoms. The largest absolute Gasteiger partial charge is 0.530 e. The second-order valence-electron chi connectivity index (χ2n) is 11.9. The van der Waals surface area contributed by atoms with E-state index < -0.39 is 23.1 Å². The average Bonchev–Trinajstić information content (AvgIpc) is 3.08. The van der Waals surface area contributed by atoms with E-state index in [1.165, 1.54) is 0 Å². The standard InChI is InChI=1S/C39H31NO6P2/c1-24-20-26(3)37(44-47-40(29-14-6-5-7-15-29)33-17-9-8-16-30(33)39(41)46-47)31(22-24)32-23-25(2)21-27(4)38(32)45-48-42-34-18-10-12-28-13-11-19-35(43-48)36(28)34/h5-23H,1-4H3. The van der Waals surface area contributed by atoms with Gasteiger partial charge in [0, 0.05) is 11.1 Å². The number of para-hydroxylation sites is 2. The summed E-state index contributed by atoms with van der Waals surface area (Å²) in [4.78, 5) is 13.3. The number of carbonyl (C=O) groups is 1. The van der Waals surface area contributed by atoms with Crippen LogP contribution < -0.4 is 22.8 Å². The molecule has 0 saturated heterocycles. The van der Waals surface area contributed by atoms with E-state index in [1.807, 2.05) is 103 Å². The fraction of sp³-hybridized carbons (Fsp3) is 0.103. The Bertz CT molecular complexity index is 2180. The van der Waals surface area contributed by atoms with Crippen molar-refractivity contribution in [3.05, 3.63) is 143 Å². The summed E-state index contributed by atoms with van der Waals surface area (Å²) in [5, 5.41) is 1.98. The van der Waals surface area contributed by atoms with Crippen LogP contribution in [0.5, 0.6) is 23.0 Å². The highest BCUT2D eigenvalue weighted by atomic mass is 31.2. The molecule has 2 heterocycles. The van der Waals surface area contributed by atoms with Crippen molar-refractivity contribution in [2.45, 2.75) is 27.7 Å². The number of rotatable bonds is 6. The van der Waals surface area contributed by atoms with Gasteiger partial charge in [-0.1, -0.05) is 66.7 Å². The zero-order valence-corrected chi connectivity index (χ0v) is 28.5. The van der Waals surface area contributed by atoms with Gasteiger partial charge in [-0.05, 0) is 104 Å². The van der Waals surface area contributed by atoms with Crippen molar-refractivity contribution >= 4 is 45.2 Å². The molecule has 9 heteroatoms. The number of hydrogen-bond donors (Lipinski definition) is 0. The molecule has 0 saturated carbocycles. The average molecular weight is 672 g/mol. The van der Waals surface area contributed by atoms with Crippen LogP contribution in [0.4, 0.5) is 11.4 Å². The molecule has 0 aliphatic carbocycles. The van der Waals surface area contributed by atoms with Gasteiger partial charge in [0.15, 0.2) is 0 Å². The first kappa shape index (κ1) is 30.3. The Morgan fingerprint density at radius 1 is 0.583 bits per heavy atom. The van der Waals surface area contributed by atoms with Crippen LogP contribution >= 0.6 is 17.1 Å². The Kier molecular flexibility index (Phi) is 7.67. The normalized spacial score (nSPS) is 15.3. The van der Waals surface area contributed by atoms with Gasteiger partial charge in [0.1, 0.15) is 23.0 Å². The molecule has 1 unspecified atom stereocenters. The van der Waals surface area contributed by atoms with E-state index in [2.05, 4.69) is 38.1 Å². The van der Waals surface area contributed by atoms with E-state index in [1.54, 1.807) is 6.07 Å². The van der Waals surface area contributed by atoms with Crippen LogP contribution in [0.3, 0.4) is 0 Å². The van der Waals surface area contributed by atoms with Gasteiger partial charge in [-0.25, -0.2) is 4.79 Å². The molecular weight excluding hydrogens is 640 g/mol. The number of anilines is 2. The Balaban J connectivity index is 1.21. The Hall–Kier alpha value is -5.09. The minimum atomic E-state index is -1.94.